The highest BCUT2D eigenvalue weighted by molar-refractivity contribution is 6.15. The highest BCUT2D eigenvalue weighted by Crippen LogP contribution is 2.16. The van der Waals surface area contributed by atoms with E-state index in [0.29, 0.717) is 5.56 Å². The van der Waals surface area contributed by atoms with Crippen molar-refractivity contribution < 1.29 is 4.79 Å². The van der Waals surface area contributed by atoms with Crippen LogP contribution in [0.3, 0.4) is 0 Å². The summed E-state index contributed by atoms with van der Waals surface area (Å²) in [6.45, 7) is 0. The van der Waals surface area contributed by atoms with Crippen LogP contribution in [-0.4, -0.2) is 10.8 Å². The maximum atomic E-state index is 11.4. The van der Waals surface area contributed by atoms with Crippen molar-refractivity contribution in [2.24, 2.45) is 0 Å². The summed E-state index contributed by atoms with van der Waals surface area (Å²) in [4.78, 5) is 15.5. The van der Waals surface area contributed by atoms with Crippen LogP contribution < -0.4 is 0 Å². The lowest BCUT2D eigenvalue weighted by Crippen LogP contribution is -1.95. The van der Waals surface area contributed by atoms with E-state index in [9.17, 15) is 4.79 Å². The fraction of sp³-hybridized carbons (Fsp3) is 0. The minimum Gasteiger partial charge on any atom is -0.279 e. The molecular formula is C12H7NO. The molecule has 0 N–H and O–H groups in total. The van der Waals surface area contributed by atoms with Crippen LogP contribution in [0.4, 0.5) is 0 Å². The maximum absolute atomic E-state index is 11.4. The molecule has 0 amide bonds. The zero-order valence-electron chi connectivity index (χ0n) is 7.40. The van der Waals surface area contributed by atoms with Crippen LogP contribution in [0.1, 0.15) is 10.4 Å². The predicted octanol–water partition coefficient (Wildman–Crippen LogP) is 2.05. The molecule has 0 aliphatic carbocycles. The van der Waals surface area contributed by atoms with E-state index < -0.39 is 0 Å². The minimum absolute atomic E-state index is 0.302. The number of terminal acetylenes is 1. The lowest BCUT2D eigenvalue weighted by atomic mass is 10.1. The van der Waals surface area contributed by atoms with E-state index >= 15 is 0 Å². The summed E-state index contributed by atoms with van der Waals surface area (Å²) >= 11 is 0. The molecule has 0 spiro atoms. The molecule has 0 unspecified atom stereocenters. The van der Waals surface area contributed by atoms with Gasteiger partial charge < -0.3 is 0 Å². The third-order valence-corrected chi connectivity index (χ3v) is 2.02. The first-order valence-electron chi connectivity index (χ1n) is 4.17. The summed E-state index contributed by atoms with van der Waals surface area (Å²) in [5.74, 6) is 1.80. The number of carbonyl (C=O) groups is 1. The van der Waals surface area contributed by atoms with E-state index in [0.717, 1.165) is 10.9 Å². The number of hydrogen-bond donors (Lipinski definition) is 0. The lowest BCUT2D eigenvalue weighted by Gasteiger charge is -2.00. The molecule has 14 heavy (non-hydrogen) atoms. The molecule has 0 aliphatic heterocycles. The highest BCUT2D eigenvalue weighted by Gasteiger charge is 2.06. The van der Waals surface area contributed by atoms with Gasteiger partial charge in [-0.15, -0.1) is 6.42 Å². The average molecular weight is 181 g/mol. The van der Waals surface area contributed by atoms with Crippen LogP contribution in [0.5, 0.6) is 0 Å². The molecule has 0 saturated heterocycles. The second kappa shape index (κ2) is 3.31. The summed E-state index contributed by atoms with van der Waals surface area (Å²) in [6.07, 6.45) is 6.76. The van der Waals surface area contributed by atoms with Gasteiger partial charge >= 0.3 is 0 Å². The molecule has 2 rings (SSSR count). The van der Waals surface area contributed by atoms with Crippen LogP contribution in [0.25, 0.3) is 10.9 Å². The van der Waals surface area contributed by atoms with E-state index in [1.54, 1.807) is 24.4 Å². The molecule has 1 aromatic carbocycles. The van der Waals surface area contributed by atoms with Crippen molar-refractivity contribution in [1.82, 2.24) is 4.98 Å². The first kappa shape index (κ1) is 8.46. The first-order valence-corrected chi connectivity index (χ1v) is 4.17. The number of hydrogen-bond acceptors (Lipinski definition) is 2. The molecule has 0 aliphatic rings. The topological polar surface area (TPSA) is 30.0 Å². The van der Waals surface area contributed by atoms with Crippen molar-refractivity contribution in [2.45, 2.75) is 0 Å². The molecule has 2 heteroatoms. The van der Waals surface area contributed by atoms with Gasteiger partial charge in [0, 0.05) is 17.1 Å². The van der Waals surface area contributed by atoms with Crippen LogP contribution >= 0.6 is 0 Å². The summed E-state index contributed by atoms with van der Waals surface area (Å²) in [5, 5.41) is 0.804. The van der Waals surface area contributed by atoms with Crippen molar-refractivity contribution in [3.05, 3.63) is 42.1 Å². The van der Waals surface area contributed by atoms with E-state index in [1.165, 1.54) is 0 Å². The summed E-state index contributed by atoms with van der Waals surface area (Å²) in [7, 11) is 0. The number of benzene rings is 1. The smallest absolute Gasteiger partial charge is 0.236 e. The standard InChI is InChI=1S/C12H7NO/c1-2-12(14)10-5-3-7-11-9(10)6-4-8-13-11/h1,3-8H. The van der Waals surface area contributed by atoms with Gasteiger partial charge in [-0.1, -0.05) is 12.1 Å². The van der Waals surface area contributed by atoms with Crippen LogP contribution in [0, 0.1) is 12.3 Å². The summed E-state index contributed by atoms with van der Waals surface area (Å²) in [6, 6.07) is 8.97. The van der Waals surface area contributed by atoms with Gasteiger partial charge in [0.15, 0.2) is 0 Å². The number of aromatic nitrogens is 1. The van der Waals surface area contributed by atoms with Gasteiger partial charge in [-0.3, -0.25) is 9.78 Å². The molecule has 2 nitrogen and oxygen atoms in total. The quantitative estimate of drug-likeness (QED) is 0.383. The Bertz CT molecular complexity index is 532. The van der Waals surface area contributed by atoms with E-state index in [4.69, 9.17) is 6.42 Å². The molecule has 1 aromatic heterocycles. The fourth-order valence-electron chi connectivity index (χ4n) is 1.38. The Morgan fingerprint density at radius 3 is 2.93 bits per heavy atom. The van der Waals surface area contributed by atoms with Gasteiger partial charge in [0.25, 0.3) is 0 Å². The van der Waals surface area contributed by atoms with Crippen molar-refractivity contribution in [2.75, 3.05) is 0 Å². The normalized spacial score (nSPS) is 9.64. The maximum Gasteiger partial charge on any atom is 0.236 e. The SMILES string of the molecule is C#CC(=O)c1cccc2ncccc12. The van der Waals surface area contributed by atoms with Gasteiger partial charge in [0.1, 0.15) is 0 Å². The third-order valence-electron chi connectivity index (χ3n) is 2.02. The molecular weight excluding hydrogens is 174 g/mol. The van der Waals surface area contributed by atoms with E-state index in [-0.39, 0.29) is 5.78 Å². The molecule has 0 saturated carbocycles. The summed E-state index contributed by atoms with van der Waals surface area (Å²) < 4.78 is 0. The van der Waals surface area contributed by atoms with Crippen LogP contribution in [0.2, 0.25) is 0 Å². The van der Waals surface area contributed by atoms with Crippen molar-refractivity contribution >= 4 is 16.7 Å². The Morgan fingerprint density at radius 1 is 1.29 bits per heavy atom. The molecule has 0 fully saturated rings. The van der Waals surface area contributed by atoms with Gasteiger partial charge in [-0.05, 0) is 24.1 Å². The van der Waals surface area contributed by atoms with E-state index in [2.05, 4.69) is 10.9 Å². The first-order chi connectivity index (χ1) is 6.83. The fourth-order valence-corrected chi connectivity index (χ4v) is 1.38. The Hall–Kier alpha value is -2.14. The van der Waals surface area contributed by atoms with E-state index in [1.807, 2.05) is 12.1 Å². The number of fused-ring (bicyclic) bond motifs is 1. The molecule has 0 radical (unpaired) electrons. The monoisotopic (exact) mass is 181 g/mol. The van der Waals surface area contributed by atoms with Crippen molar-refractivity contribution in [3.63, 3.8) is 0 Å². The van der Waals surface area contributed by atoms with Crippen LogP contribution in [0.15, 0.2) is 36.5 Å². The molecule has 66 valence electrons. The Labute approximate surface area is 81.6 Å². The zero-order valence-corrected chi connectivity index (χ0v) is 7.40. The Morgan fingerprint density at radius 2 is 2.14 bits per heavy atom. The third kappa shape index (κ3) is 1.25. The number of Topliss-reactive ketones (excluding diaryl/α,β-unsaturated/α-hetero) is 1. The molecule has 0 atom stereocenters. The largest absolute Gasteiger partial charge is 0.279 e. The summed E-state index contributed by atoms with van der Waals surface area (Å²) in [5.41, 5.74) is 1.33. The number of pyridine rings is 1. The molecule has 2 aromatic rings. The second-order valence-electron chi connectivity index (χ2n) is 2.85. The molecule has 0 bridgehead atoms. The van der Waals surface area contributed by atoms with Gasteiger partial charge in [-0.2, -0.15) is 0 Å². The number of nitrogens with zero attached hydrogens (tertiary/aromatic N) is 1. The Balaban J connectivity index is 2.79. The van der Waals surface area contributed by atoms with Gasteiger partial charge in [0.05, 0.1) is 5.52 Å². The second-order valence-corrected chi connectivity index (χ2v) is 2.85. The Kier molecular flexibility index (Phi) is 2.00. The minimum atomic E-state index is -0.302. The van der Waals surface area contributed by atoms with Crippen LogP contribution in [-0.2, 0) is 0 Å². The van der Waals surface area contributed by atoms with Gasteiger partial charge in [-0.25, -0.2) is 0 Å². The number of ketones is 1. The highest BCUT2D eigenvalue weighted by atomic mass is 16.1. The number of rotatable bonds is 1. The van der Waals surface area contributed by atoms with Gasteiger partial charge in [0.2, 0.25) is 5.78 Å². The number of carbonyl (C=O) groups excluding carboxylic acids is 1. The lowest BCUT2D eigenvalue weighted by molar-refractivity contribution is 0.105. The average Bonchev–Trinajstić information content (AvgIpc) is 2.27. The van der Waals surface area contributed by atoms with Crippen molar-refractivity contribution in [3.8, 4) is 12.3 Å². The molecule has 1 heterocycles. The zero-order chi connectivity index (χ0) is 9.97. The van der Waals surface area contributed by atoms with Crippen molar-refractivity contribution in [1.29, 1.82) is 0 Å². The predicted molar refractivity (Wildman–Crippen MR) is 54.9 cm³/mol.